The number of nitrogens with one attached hydrogen (secondary N) is 1. The number of aromatic nitrogens is 1. The standard InChI is InChI=1S/C17H22N2O2/c1-12-4-5-16-15(9-12)17(21)10-13(18-16)11-19-7-2-3-14(20)6-8-19/h4-5,9-10,14,20H,2-3,6-8,11H2,1H3,(H,18,21). The highest BCUT2D eigenvalue weighted by Gasteiger charge is 2.15. The summed E-state index contributed by atoms with van der Waals surface area (Å²) in [6, 6.07) is 7.63. The van der Waals surface area contributed by atoms with E-state index in [1.807, 2.05) is 25.1 Å². The Morgan fingerprint density at radius 3 is 3.00 bits per heavy atom. The van der Waals surface area contributed by atoms with Gasteiger partial charge in [-0.25, -0.2) is 0 Å². The van der Waals surface area contributed by atoms with Gasteiger partial charge in [0.1, 0.15) is 0 Å². The molecule has 0 amide bonds. The van der Waals surface area contributed by atoms with Crippen molar-refractivity contribution in [2.45, 2.75) is 38.8 Å². The van der Waals surface area contributed by atoms with E-state index < -0.39 is 0 Å². The SMILES string of the molecule is Cc1ccc2[nH]c(CN3CCCC(O)CC3)cc(=O)c2c1. The third-order valence-corrected chi connectivity index (χ3v) is 4.23. The number of hydrogen-bond acceptors (Lipinski definition) is 3. The fraction of sp³-hybridized carbons (Fsp3) is 0.471. The predicted octanol–water partition coefficient (Wildman–Crippen LogP) is 2.18. The van der Waals surface area contributed by atoms with Gasteiger partial charge in [0.05, 0.1) is 6.10 Å². The summed E-state index contributed by atoms with van der Waals surface area (Å²) >= 11 is 0. The summed E-state index contributed by atoms with van der Waals surface area (Å²) in [5, 5.41) is 10.5. The Labute approximate surface area is 124 Å². The molecule has 0 spiro atoms. The molecule has 2 N–H and O–H groups in total. The van der Waals surface area contributed by atoms with Gasteiger partial charge in [0.15, 0.2) is 5.43 Å². The van der Waals surface area contributed by atoms with E-state index in [1.165, 1.54) is 0 Å². The Morgan fingerprint density at radius 2 is 2.14 bits per heavy atom. The maximum absolute atomic E-state index is 12.2. The van der Waals surface area contributed by atoms with Crippen molar-refractivity contribution in [1.82, 2.24) is 9.88 Å². The number of aliphatic hydroxyl groups is 1. The van der Waals surface area contributed by atoms with Crippen molar-refractivity contribution in [3.05, 3.63) is 45.7 Å². The lowest BCUT2D eigenvalue weighted by molar-refractivity contribution is 0.154. The van der Waals surface area contributed by atoms with E-state index in [0.717, 1.165) is 61.1 Å². The summed E-state index contributed by atoms with van der Waals surface area (Å²) < 4.78 is 0. The Morgan fingerprint density at radius 1 is 1.29 bits per heavy atom. The van der Waals surface area contributed by atoms with Crippen molar-refractivity contribution in [3.8, 4) is 0 Å². The number of hydrogen-bond donors (Lipinski definition) is 2. The zero-order valence-electron chi connectivity index (χ0n) is 12.4. The van der Waals surface area contributed by atoms with Gasteiger partial charge >= 0.3 is 0 Å². The van der Waals surface area contributed by atoms with Crippen LogP contribution in [-0.2, 0) is 6.54 Å². The maximum Gasteiger partial charge on any atom is 0.189 e. The van der Waals surface area contributed by atoms with Gasteiger partial charge in [-0.1, -0.05) is 11.6 Å². The average molecular weight is 286 g/mol. The van der Waals surface area contributed by atoms with E-state index in [2.05, 4.69) is 9.88 Å². The van der Waals surface area contributed by atoms with Crippen LogP contribution in [0.3, 0.4) is 0 Å². The number of pyridine rings is 1. The van der Waals surface area contributed by atoms with Crippen LogP contribution in [-0.4, -0.2) is 34.2 Å². The van der Waals surface area contributed by atoms with Crippen molar-refractivity contribution in [2.24, 2.45) is 0 Å². The first-order valence-corrected chi connectivity index (χ1v) is 7.65. The number of aryl methyl sites for hydroxylation is 1. The monoisotopic (exact) mass is 286 g/mol. The predicted molar refractivity (Wildman–Crippen MR) is 84.4 cm³/mol. The van der Waals surface area contributed by atoms with Crippen LogP contribution in [0.1, 0.15) is 30.5 Å². The summed E-state index contributed by atoms with van der Waals surface area (Å²) in [5.41, 5.74) is 3.03. The number of rotatable bonds is 2. The Kier molecular flexibility index (Phi) is 4.08. The Hall–Kier alpha value is -1.65. The van der Waals surface area contributed by atoms with Crippen LogP contribution < -0.4 is 5.43 Å². The Bertz CT molecular complexity index is 693. The third-order valence-electron chi connectivity index (χ3n) is 4.23. The quantitative estimate of drug-likeness (QED) is 0.889. The summed E-state index contributed by atoms with van der Waals surface area (Å²) in [7, 11) is 0. The van der Waals surface area contributed by atoms with E-state index in [1.54, 1.807) is 6.07 Å². The molecule has 0 saturated carbocycles. The second-order valence-electron chi connectivity index (χ2n) is 6.07. The first-order chi connectivity index (χ1) is 10.1. The molecule has 1 aromatic carbocycles. The number of aromatic amines is 1. The van der Waals surface area contributed by atoms with E-state index >= 15 is 0 Å². The van der Waals surface area contributed by atoms with Crippen molar-refractivity contribution in [2.75, 3.05) is 13.1 Å². The number of likely N-dealkylation sites (tertiary alicyclic amines) is 1. The largest absolute Gasteiger partial charge is 0.393 e. The first kappa shape index (κ1) is 14.3. The van der Waals surface area contributed by atoms with Crippen LogP contribution in [0.2, 0.25) is 0 Å². The highest BCUT2D eigenvalue weighted by Crippen LogP contribution is 2.15. The Balaban J connectivity index is 1.84. The third kappa shape index (κ3) is 3.34. The van der Waals surface area contributed by atoms with Gasteiger partial charge in [-0.2, -0.15) is 0 Å². The van der Waals surface area contributed by atoms with Gasteiger partial charge in [0.25, 0.3) is 0 Å². The number of benzene rings is 1. The van der Waals surface area contributed by atoms with Gasteiger partial charge in [0.2, 0.25) is 0 Å². The second-order valence-corrected chi connectivity index (χ2v) is 6.07. The van der Waals surface area contributed by atoms with Crippen LogP contribution in [0.4, 0.5) is 0 Å². The topological polar surface area (TPSA) is 56.3 Å². The highest BCUT2D eigenvalue weighted by molar-refractivity contribution is 5.79. The zero-order chi connectivity index (χ0) is 14.8. The lowest BCUT2D eigenvalue weighted by Gasteiger charge is -2.19. The molecule has 1 aliphatic heterocycles. The van der Waals surface area contributed by atoms with Gasteiger partial charge < -0.3 is 10.1 Å². The first-order valence-electron chi connectivity index (χ1n) is 7.65. The molecule has 0 aliphatic carbocycles. The molecule has 0 bridgehead atoms. The molecule has 1 aromatic heterocycles. The highest BCUT2D eigenvalue weighted by atomic mass is 16.3. The lowest BCUT2D eigenvalue weighted by Crippen LogP contribution is -2.25. The molecule has 0 radical (unpaired) electrons. The minimum Gasteiger partial charge on any atom is -0.393 e. The second kappa shape index (κ2) is 6.00. The van der Waals surface area contributed by atoms with E-state index in [0.29, 0.717) is 0 Å². The number of aliphatic hydroxyl groups excluding tert-OH is 1. The number of nitrogens with zero attached hydrogens (tertiary/aromatic N) is 1. The minimum atomic E-state index is -0.173. The fourth-order valence-corrected chi connectivity index (χ4v) is 3.04. The molecule has 1 atom stereocenters. The fourth-order valence-electron chi connectivity index (χ4n) is 3.04. The van der Waals surface area contributed by atoms with Crippen LogP contribution in [0.25, 0.3) is 10.9 Å². The molecular weight excluding hydrogens is 264 g/mol. The van der Waals surface area contributed by atoms with Gasteiger partial charge in [-0.15, -0.1) is 0 Å². The molecule has 1 fully saturated rings. The van der Waals surface area contributed by atoms with Crippen LogP contribution in [0, 0.1) is 6.92 Å². The number of fused-ring (bicyclic) bond motifs is 1. The van der Waals surface area contributed by atoms with Gasteiger partial charge in [-0.3, -0.25) is 9.69 Å². The van der Waals surface area contributed by atoms with Crippen molar-refractivity contribution < 1.29 is 5.11 Å². The normalized spacial score (nSPS) is 20.6. The van der Waals surface area contributed by atoms with Crippen LogP contribution in [0.5, 0.6) is 0 Å². The average Bonchev–Trinajstić information content (AvgIpc) is 2.65. The van der Waals surface area contributed by atoms with Gasteiger partial charge in [0, 0.05) is 35.8 Å². The molecule has 4 heteroatoms. The van der Waals surface area contributed by atoms with E-state index in [9.17, 15) is 9.90 Å². The van der Waals surface area contributed by atoms with Gasteiger partial charge in [-0.05, 0) is 44.9 Å². The summed E-state index contributed by atoms with van der Waals surface area (Å²) in [6.45, 7) is 4.60. The molecule has 1 unspecified atom stereocenters. The molecule has 2 aromatic rings. The molecule has 3 rings (SSSR count). The lowest BCUT2D eigenvalue weighted by atomic mass is 10.1. The van der Waals surface area contributed by atoms with E-state index in [-0.39, 0.29) is 11.5 Å². The maximum atomic E-state index is 12.2. The molecule has 112 valence electrons. The smallest absolute Gasteiger partial charge is 0.189 e. The molecule has 4 nitrogen and oxygen atoms in total. The van der Waals surface area contributed by atoms with E-state index in [4.69, 9.17) is 0 Å². The molecule has 21 heavy (non-hydrogen) atoms. The number of H-pyrrole nitrogens is 1. The van der Waals surface area contributed by atoms with Crippen molar-refractivity contribution in [1.29, 1.82) is 0 Å². The molecule has 1 saturated heterocycles. The molecule has 1 aliphatic rings. The van der Waals surface area contributed by atoms with Crippen LogP contribution >= 0.6 is 0 Å². The molecule has 2 heterocycles. The molecular formula is C17H22N2O2. The minimum absolute atomic E-state index is 0.0808. The zero-order valence-corrected chi connectivity index (χ0v) is 12.4. The van der Waals surface area contributed by atoms with Crippen molar-refractivity contribution in [3.63, 3.8) is 0 Å². The van der Waals surface area contributed by atoms with Crippen molar-refractivity contribution >= 4 is 10.9 Å². The summed E-state index contributed by atoms with van der Waals surface area (Å²) in [6.07, 6.45) is 2.53. The van der Waals surface area contributed by atoms with Crippen LogP contribution in [0.15, 0.2) is 29.1 Å². The summed E-state index contributed by atoms with van der Waals surface area (Å²) in [5.74, 6) is 0. The summed E-state index contributed by atoms with van der Waals surface area (Å²) in [4.78, 5) is 17.9.